The van der Waals surface area contributed by atoms with Crippen LogP contribution in [0.1, 0.15) is 30.5 Å². The van der Waals surface area contributed by atoms with Crippen molar-refractivity contribution in [3.05, 3.63) is 101 Å². The van der Waals surface area contributed by atoms with E-state index < -0.39 is 9.28 Å². The topological polar surface area (TPSA) is 29.5 Å². The van der Waals surface area contributed by atoms with Crippen LogP contribution in [0.5, 0.6) is 0 Å². The fourth-order valence-electron chi connectivity index (χ4n) is 3.97. The van der Waals surface area contributed by atoms with Gasteiger partial charge in [0.25, 0.3) is 0 Å². The lowest BCUT2D eigenvalue weighted by Crippen LogP contribution is -2.16. The molecule has 0 bridgehead atoms. The lowest BCUT2D eigenvalue weighted by molar-refractivity contribution is 0.449. The highest BCUT2D eigenvalue weighted by atomic mass is 28.4. The smallest absolute Gasteiger partial charge is 0.401 e. The Balaban J connectivity index is 1.59. The Morgan fingerprint density at radius 1 is 0.931 bits per heavy atom. The summed E-state index contributed by atoms with van der Waals surface area (Å²) in [7, 11) is -1.76. The summed E-state index contributed by atoms with van der Waals surface area (Å²) < 4.78 is 5.28. The molecule has 1 N–H and O–H groups in total. The molecule has 0 aliphatic heterocycles. The molecule has 3 radical (unpaired) electrons. The molecule has 0 saturated heterocycles. The van der Waals surface area contributed by atoms with Crippen LogP contribution in [0.25, 0.3) is 28.3 Å². The normalized spacial score (nSPS) is 14.2. The SMILES string of the molecule is C=C[Si]O[Si](O)/C=C/c1ccc(-c2ccc3c(c2)C(C)(C)c2ccccc2-3)cc1. The number of hydrogen-bond acceptors (Lipinski definition) is 2. The Morgan fingerprint density at radius 2 is 1.62 bits per heavy atom. The van der Waals surface area contributed by atoms with Crippen molar-refractivity contribution in [2.24, 2.45) is 0 Å². The highest BCUT2D eigenvalue weighted by Crippen LogP contribution is 2.49. The van der Waals surface area contributed by atoms with Gasteiger partial charge >= 0.3 is 9.28 Å². The highest BCUT2D eigenvalue weighted by molar-refractivity contribution is 6.58. The van der Waals surface area contributed by atoms with Gasteiger partial charge in [-0.1, -0.05) is 86.3 Å². The predicted octanol–water partition coefficient (Wildman–Crippen LogP) is 5.47. The van der Waals surface area contributed by atoms with Crippen molar-refractivity contribution in [3.8, 4) is 22.3 Å². The number of hydrogen-bond donors (Lipinski definition) is 1. The van der Waals surface area contributed by atoms with E-state index in [4.69, 9.17) is 4.12 Å². The number of rotatable bonds is 6. The van der Waals surface area contributed by atoms with Crippen LogP contribution in [0, 0.1) is 0 Å². The van der Waals surface area contributed by atoms with Gasteiger partial charge in [0.05, 0.1) is 0 Å². The molecular formula is C25H23O2Si2. The third-order valence-electron chi connectivity index (χ3n) is 5.49. The summed E-state index contributed by atoms with van der Waals surface area (Å²) in [4.78, 5) is 9.84. The van der Waals surface area contributed by atoms with Gasteiger partial charge in [0.1, 0.15) is 0 Å². The number of fused-ring (bicyclic) bond motifs is 3. The fourth-order valence-corrected chi connectivity index (χ4v) is 5.40. The van der Waals surface area contributed by atoms with Crippen LogP contribution in [-0.4, -0.2) is 23.8 Å². The lowest BCUT2D eigenvalue weighted by Gasteiger charge is -2.22. The first kappa shape index (κ1) is 19.8. The summed E-state index contributed by atoms with van der Waals surface area (Å²) in [5.41, 5.74) is 12.3. The second-order valence-corrected chi connectivity index (χ2v) is 10.1. The molecule has 4 heteroatoms. The summed E-state index contributed by atoms with van der Waals surface area (Å²) in [6.45, 7) is 8.21. The van der Waals surface area contributed by atoms with Crippen molar-refractivity contribution in [3.63, 3.8) is 0 Å². The van der Waals surface area contributed by atoms with Crippen LogP contribution in [0.3, 0.4) is 0 Å². The summed E-state index contributed by atoms with van der Waals surface area (Å²) in [5.74, 6) is 0. The van der Waals surface area contributed by atoms with E-state index in [-0.39, 0.29) is 15.2 Å². The maximum absolute atomic E-state index is 9.84. The Labute approximate surface area is 177 Å². The molecule has 0 heterocycles. The molecule has 0 amide bonds. The Bertz CT molecular complexity index is 1070. The van der Waals surface area contributed by atoms with Gasteiger partial charge in [-0.2, -0.15) is 0 Å². The molecule has 29 heavy (non-hydrogen) atoms. The maximum Gasteiger partial charge on any atom is 0.401 e. The molecule has 1 aliphatic carbocycles. The van der Waals surface area contributed by atoms with Crippen molar-refractivity contribution in [2.75, 3.05) is 0 Å². The van der Waals surface area contributed by atoms with Crippen LogP contribution in [0.15, 0.2) is 84.7 Å². The predicted molar refractivity (Wildman–Crippen MR) is 123 cm³/mol. The number of benzene rings is 3. The van der Waals surface area contributed by atoms with Gasteiger partial charge in [0.15, 0.2) is 0 Å². The Kier molecular flexibility index (Phi) is 5.52. The highest BCUT2D eigenvalue weighted by Gasteiger charge is 2.35. The van der Waals surface area contributed by atoms with Crippen molar-refractivity contribution in [1.82, 2.24) is 0 Å². The zero-order chi connectivity index (χ0) is 20.4. The van der Waals surface area contributed by atoms with Crippen LogP contribution in [0.2, 0.25) is 0 Å². The minimum Gasteiger partial charge on any atom is -0.428 e. The summed E-state index contributed by atoms with van der Waals surface area (Å²) >= 11 is 0. The van der Waals surface area contributed by atoms with Gasteiger partial charge in [-0.3, -0.25) is 0 Å². The molecular weight excluding hydrogens is 388 g/mol. The molecule has 4 rings (SSSR count). The average molecular weight is 412 g/mol. The molecule has 0 aromatic heterocycles. The van der Waals surface area contributed by atoms with E-state index in [1.54, 1.807) is 11.4 Å². The standard InChI is InChI=1S/C25H23O2Si2/c1-4-28-27-29(26)16-15-18-9-11-19(12-10-18)20-13-14-22-21-7-5-6-8-23(21)25(2,3)24(22)17-20/h4-17,26H,1H2,2-3H3/b16-15+. The molecule has 0 fully saturated rings. The third kappa shape index (κ3) is 3.85. The minimum absolute atomic E-state index is 0.0102. The molecule has 1 aliphatic rings. The molecule has 0 atom stereocenters. The van der Waals surface area contributed by atoms with Crippen molar-refractivity contribution in [1.29, 1.82) is 0 Å². The van der Waals surface area contributed by atoms with E-state index in [1.807, 2.05) is 6.08 Å². The first-order valence-electron chi connectivity index (χ1n) is 9.63. The minimum atomic E-state index is -1.90. The zero-order valence-corrected chi connectivity index (χ0v) is 18.6. The molecule has 0 unspecified atom stereocenters. The van der Waals surface area contributed by atoms with Gasteiger partial charge in [-0.25, -0.2) is 0 Å². The lowest BCUT2D eigenvalue weighted by atomic mass is 9.81. The van der Waals surface area contributed by atoms with Gasteiger partial charge in [-0.15, -0.1) is 6.58 Å². The van der Waals surface area contributed by atoms with E-state index in [0.29, 0.717) is 0 Å². The second kappa shape index (κ2) is 8.09. The van der Waals surface area contributed by atoms with Gasteiger partial charge in [0, 0.05) is 5.41 Å². The largest absolute Gasteiger partial charge is 0.428 e. The van der Waals surface area contributed by atoms with Crippen LogP contribution >= 0.6 is 0 Å². The maximum atomic E-state index is 9.84. The molecule has 3 aromatic rings. The average Bonchev–Trinajstić information content (AvgIpc) is 2.98. The summed E-state index contributed by atoms with van der Waals surface area (Å²) in [6.07, 6.45) is 1.91. The van der Waals surface area contributed by atoms with Crippen molar-refractivity contribution >= 4 is 25.1 Å². The Morgan fingerprint density at radius 3 is 2.38 bits per heavy atom. The molecule has 143 valence electrons. The fraction of sp³-hybridized carbons (Fsp3) is 0.120. The first-order chi connectivity index (χ1) is 14.0. The van der Waals surface area contributed by atoms with Crippen LogP contribution in [0.4, 0.5) is 0 Å². The van der Waals surface area contributed by atoms with E-state index in [9.17, 15) is 4.80 Å². The summed E-state index contributed by atoms with van der Waals surface area (Å²) in [6, 6.07) is 23.9. The van der Waals surface area contributed by atoms with Gasteiger partial charge in [0.2, 0.25) is 9.76 Å². The zero-order valence-electron chi connectivity index (χ0n) is 16.6. The van der Waals surface area contributed by atoms with Gasteiger partial charge < -0.3 is 8.91 Å². The Hall–Kier alpha value is -2.51. The van der Waals surface area contributed by atoms with Crippen molar-refractivity contribution in [2.45, 2.75) is 19.3 Å². The first-order valence-corrected chi connectivity index (χ1v) is 12.0. The summed E-state index contributed by atoms with van der Waals surface area (Å²) in [5, 5.41) is 0. The molecule has 0 saturated carbocycles. The van der Waals surface area contributed by atoms with E-state index in [1.165, 1.54) is 33.4 Å². The molecule has 3 aromatic carbocycles. The molecule has 2 nitrogen and oxygen atoms in total. The monoisotopic (exact) mass is 411 g/mol. The third-order valence-corrected chi connectivity index (χ3v) is 7.42. The van der Waals surface area contributed by atoms with E-state index in [2.05, 4.69) is 87.2 Å². The van der Waals surface area contributed by atoms with Crippen molar-refractivity contribution < 1.29 is 8.91 Å². The quantitative estimate of drug-likeness (QED) is 0.545. The van der Waals surface area contributed by atoms with Gasteiger partial charge in [-0.05, 0) is 50.7 Å². The molecule has 0 spiro atoms. The van der Waals surface area contributed by atoms with E-state index in [0.717, 1.165) is 5.56 Å². The second-order valence-electron chi connectivity index (χ2n) is 7.65. The van der Waals surface area contributed by atoms with Crippen LogP contribution in [-0.2, 0) is 9.53 Å². The van der Waals surface area contributed by atoms with E-state index >= 15 is 0 Å². The van der Waals surface area contributed by atoms with Crippen LogP contribution < -0.4 is 0 Å².